The summed E-state index contributed by atoms with van der Waals surface area (Å²) in [5.74, 6) is 1.02. The van der Waals surface area contributed by atoms with Gasteiger partial charge in [0.15, 0.2) is 0 Å². The van der Waals surface area contributed by atoms with Crippen LogP contribution in [0, 0.1) is 25.2 Å². The largest absolute Gasteiger partial charge is 0.383 e. The molecule has 0 saturated carbocycles. The number of aromatic nitrogens is 3. The molecule has 0 aromatic carbocycles. The van der Waals surface area contributed by atoms with E-state index >= 15 is 0 Å². The van der Waals surface area contributed by atoms with Crippen molar-refractivity contribution in [3.8, 4) is 6.07 Å². The van der Waals surface area contributed by atoms with Crippen molar-refractivity contribution in [3.63, 3.8) is 0 Å². The minimum absolute atomic E-state index is 0.616. The van der Waals surface area contributed by atoms with Gasteiger partial charge in [0.2, 0.25) is 0 Å². The molecule has 19 heavy (non-hydrogen) atoms. The van der Waals surface area contributed by atoms with E-state index in [1.807, 2.05) is 37.7 Å². The predicted molar refractivity (Wildman–Crippen MR) is 73.8 cm³/mol. The number of hydrogen-bond acceptors (Lipinski definition) is 4. The van der Waals surface area contributed by atoms with E-state index in [0.29, 0.717) is 5.56 Å². The number of imidazole rings is 1. The summed E-state index contributed by atoms with van der Waals surface area (Å²) < 4.78 is 2.00. The Bertz CT molecular complexity index is 621. The maximum Gasteiger partial charge on any atom is 0.110 e. The molecule has 5 nitrogen and oxygen atoms in total. The van der Waals surface area contributed by atoms with Gasteiger partial charge in [0.25, 0.3) is 0 Å². The molecule has 0 amide bonds. The fraction of sp³-hybridized carbons (Fsp3) is 0.357. The van der Waals surface area contributed by atoms with Crippen LogP contribution in [-0.4, -0.2) is 21.1 Å². The van der Waals surface area contributed by atoms with Gasteiger partial charge in [0.05, 0.1) is 16.9 Å². The molecule has 0 unspecified atom stereocenters. The van der Waals surface area contributed by atoms with Crippen molar-refractivity contribution in [1.82, 2.24) is 14.5 Å². The number of anilines is 1. The summed E-state index contributed by atoms with van der Waals surface area (Å²) in [6.07, 6.45) is 4.53. The Morgan fingerprint density at radius 1 is 1.42 bits per heavy atom. The van der Waals surface area contributed by atoms with Crippen LogP contribution in [0.2, 0.25) is 0 Å². The Hall–Kier alpha value is -2.35. The molecule has 2 heterocycles. The molecule has 0 saturated heterocycles. The van der Waals surface area contributed by atoms with Gasteiger partial charge in [-0.05, 0) is 19.9 Å². The summed E-state index contributed by atoms with van der Waals surface area (Å²) in [4.78, 5) is 8.57. The number of aryl methyl sites for hydroxylation is 3. The SMILES string of the molecule is Cc1cc(NCCc2nccn2C)c(C#N)c(C)n1. The van der Waals surface area contributed by atoms with E-state index in [0.717, 1.165) is 35.9 Å². The zero-order valence-electron chi connectivity index (χ0n) is 11.4. The highest BCUT2D eigenvalue weighted by Crippen LogP contribution is 2.18. The fourth-order valence-electron chi connectivity index (χ4n) is 2.06. The number of rotatable bonds is 4. The molecule has 2 aromatic rings. The standard InChI is InChI=1S/C14H17N5/c1-10-8-13(12(9-15)11(2)18-10)16-5-4-14-17-6-7-19(14)3/h6-8H,4-5H2,1-3H3,(H,16,18). The van der Waals surface area contributed by atoms with Crippen LogP contribution in [0.3, 0.4) is 0 Å². The zero-order valence-corrected chi connectivity index (χ0v) is 11.4. The summed E-state index contributed by atoms with van der Waals surface area (Å²) in [5.41, 5.74) is 3.14. The number of hydrogen-bond donors (Lipinski definition) is 1. The van der Waals surface area contributed by atoms with Crippen molar-refractivity contribution in [3.05, 3.63) is 41.2 Å². The van der Waals surface area contributed by atoms with E-state index in [1.54, 1.807) is 6.20 Å². The maximum absolute atomic E-state index is 9.17. The molecular formula is C14H17N5. The average Bonchev–Trinajstić information content (AvgIpc) is 2.75. The third-order valence-electron chi connectivity index (χ3n) is 3.03. The van der Waals surface area contributed by atoms with Gasteiger partial charge >= 0.3 is 0 Å². The molecule has 0 radical (unpaired) electrons. The fourth-order valence-corrected chi connectivity index (χ4v) is 2.06. The highest BCUT2D eigenvalue weighted by atomic mass is 15.0. The Kier molecular flexibility index (Phi) is 3.81. The molecule has 0 spiro atoms. The van der Waals surface area contributed by atoms with Gasteiger partial charge in [-0.15, -0.1) is 0 Å². The third kappa shape index (κ3) is 2.91. The highest BCUT2D eigenvalue weighted by molar-refractivity contribution is 5.59. The Morgan fingerprint density at radius 3 is 2.84 bits per heavy atom. The van der Waals surface area contributed by atoms with Crippen molar-refractivity contribution in [2.24, 2.45) is 7.05 Å². The second kappa shape index (κ2) is 5.53. The van der Waals surface area contributed by atoms with E-state index in [1.165, 1.54) is 0 Å². The average molecular weight is 255 g/mol. The number of nitrogens with one attached hydrogen (secondary N) is 1. The van der Waals surface area contributed by atoms with Crippen molar-refractivity contribution in [2.45, 2.75) is 20.3 Å². The van der Waals surface area contributed by atoms with Crippen molar-refractivity contribution in [2.75, 3.05) is 11.9 Å². The van der Waals surface area contributed by atoms with Crippen molar-refractivity contribution < 1.29 is 0 Å². The first-order valence-electron chi connectivity index (χ1n) is 6.20. The van der Waals surface area contributed by atoms with E-state index in [-0.39, 0.29) is 0 Å². The van der Waals surface area contributed by atoms with Gasteiger partial charge in [-0.25, -0.2) is 4.98 Å². The monoisotopic (exact) mass is 255 g/mol. The van der Waals surface area contributed by atoms with Crippen molar-refractivity contribution >= 4 is 5.69 Å². The molecule has 0 bridgehead atoms. The summed E-state index contributed by atoms with van der Waals surface area (Å²) in [7, 11) is 1.98. The highest BCUT2D eigenvalue weighted by Gasteiger charge is 2.08. The lowest BCUT2D eigenvalue weighted by molar-refractivity contribution is 0.789. The molecule has 5 heteroatoms. The maximum atomic E-state index is 9.17. The minimum atomic E-state index is 0.616. The zero-order chi connectivity index (χ0) is 13.8. The molecule has 0 atom stereocenters. The van der Waals surface area contributed by atoms with E-state index in [4.69, 9.17) is 0 Å². The first kappa shape index (κ1) is 13.1. The molecule has 1 N–H and O–H groups in total. The van der Waals surface area contributed by atoms with Crippen LogP contribution in [0.25, 0.3) is 0 Å². The quantitative estimate of drug-likeness (QED) is 0.907. The molecular weight excluding hydrogens is 238 g/mol. The van der Waals surface area contributed by atoms with Gasteiger partial charge in [-0.3, -0.25) is 4.98 Å². The van der Waals surface area contributed by atoms with Gasteiger partial charge in [-0.2, -0.15) is 5.26 Å². The summed E-state index contributed by atoms with van der Waals surface area (Å²) in [6, 6.07) is 4.11. The van der Waals surface area contributed by atoms with E-state index in [9.17, 15) is 5.26 Å². The van der Waals surface area contributed by atoms with Crippen LogP contribution in [0.15, 0.2) is 18.5 Å². The Morgan fingerprint density at radius 2 is 2.21 bits per heavy atom. The summed E-state index contributed by atoms with van der Waals surface area (Å²) in [5, 5.41) is 12.5. The summed E-state index contributed by atoms with van der Waals surface area (Å²) in [6.45, 7) is 4.52. The predicted octanol–water partition coefficient (Wildman–Crippen LogP) is 1.96. The number of nitriles is 1. The molecule has 2 rings (SSSR count). The van der Waals surface area contributed by atoms with Gasteiger partial charge in [-0.1, -0.05) is 0 Å². The molecule has 2 aromatic heterocycles. The topological polar surface area (TPSA) is 66.5 Å². The minimum Gasteiger partial charge on any atom is -0.383 e. The van der Waals surface area contributed by atoms with Crippen LogP contribution in [0.5, 0.6) is 0 Å². The lowest BCUT2D eigenvalue weighted by Gasteiger charge is -2.10. The lowest BCUT2D eigenvalue weighted by atomic mass is 10.1. The molecule has 0 aliphatic rings. The lowest BCUT2D eigenvalue weighted by Crippen LogP contribution is -2.10. The van der Waals surface area contributed by atoms with Gasteiger partial charge < -0.3 is 9.88 Å². The molecule has 98 valence electrons. The molecule has 0 aliphatic carbocycles. The van der Waals surface area contributed by atoms with E-state index in [2.05, 4.69) is 21.4 Å². The smallest absolute Gasteiger partial charge is 0.110 e. The Labute approximate surface area is 112 Å². The van der Waals surface area contributed by atoms with Crippen LogP contribution in [-0.2, 0) is 13.5 Å². The number of nitrogens with zero attached hydrogens (tertiary/aromatic N) is 4. The van der Waals surface area contributed by atoms with Crippen LogP contribution < -0.4 is 5.32 Å². The first-order valence-corrected chi connectivity index (χ1v) is 6.20. The van der Waals surface area contributed by atoms with Crippen LogP contribution >= 0.6 is 0 Å². The summed E-state index contributed by atoms with van der Waals surface area (Å²) >= 11 is 0. The second-order valence-corrected chi connectivity index (χ2v) is 4.51. The van der Waals surface area contributed by atoms with Gasteiger partial charge in [0.1, 0.15) is 11.9 Å². The third-order valence-corrected chi connectivity index (χ3v) is 3.03. The van der Waals surface area contributed by atoms with Crippen molar-refractivity contribution in [1.29, 1.82) is 5.26 Å². The van der Waals surface area contributed by atoms with Crippen LogP contribution in [0.1, 0.15) is 22.8 Å². The second-order valence-electron chi connectivity index (χ2n) is 4.51. The number of pyridine rings is 1. The normalized spacial score (nSPS) is 10.2. The Balaban J connectivity index is 2.08. The molecule has 0 fully saturated rings. The first-order chi connectivity index (χ1) is 9.11. The van der Waals surface area contributed by atoms with Gasteiger partial charge in [0, 0.05) is 38.1 Å². The van der Waals surface area contributed by atoms with Crippen LogP contribution in [0.4, 0.5) is 5.69 Å². The van der Waals surface area contributed by atoms with E-state index < -0.39 is 0 Å². The molecule has 0 aliphatic heterocycles.